The van der Waals surface area contributed by atoms with Crippen molar-refractivity contribution in [2.24, 2.45) is 0 Å². The number of rotatable bonds is 9. The van der Waals surface area contributed by atoms with E-state index in [2.05, 4.69) is 10.6 Å². The highest BCUT2D eigenvalue weighted by Gasteiger charge is 2.14. The van der Waals surface area contributed by atoms with E-state index in [1.165, 1.54) is 32.2 Å². The number of ketones is 1. The lowest BCUT2D eigenvalue weighted by Gasteiger charge is -2.11. The van der Waals surface area contributed by atoms with Gasteiger partial charge in [-0.25, -0.2) is 0 Å². The number of methoxy groups -OCH3 is 1. The Morgan fingerprint density at radius 3 is 2.35 bits per heavy atom. The Bertz CT molecular complexity index is 1010. The lowest BCUT2D eigenvalue weighted by Crippen LogP contribution is -2.39. The molecule has 0 aliphatic carbocycles. The smallest absolute Gasteiger partial charge is 0.325 e. The first kappa shape index (κ1) is 24.2. The van der Waals surface area contributed by atoms with Crippen molar-refractivity contribution in [3.63, 3.8) is 0 Å². The van der Waals surface area contributed by atoms with E-state index in [1.807, 2.05) is 0 Å². The van der Waals surface area contributed by atoms with Crippen LogP contribution in [0.3, 0.4) is 0 Å². The van der Waals surface area contributed by atoms with Crippen LogP contribution in [0.1, 0.15) is 33.2 Å². The summed E-state index contributed by atoms with van der Waals surface area (Å²) >= 11 is 11.7. The minimum Gasteiger partial charge on any atom is -0.496 e. The molecule has 0 fully saturated rings. The van der Waals surface area contributed by atoms with Gasteiger partial charge in [-0.15, -0.1) is 0 Å². The van der Waals surface area contributed by atoms with Crippen molar-refractivity contribution >= 4 is 46.8 Å². The van der Waals surface area contributed by atoms with Crippen LogP contribution in [-0.2, 0) is 20.9 Å². The van der Waals surface area contributed by atoms with Gasteiger partial charge < -0.3 is 20.1 Å². The van der Waals surface area contributed by atoms with Gasteiger partial charge in [0, 0.05) is 16.1 Å². The molecule has 0 atom stereocenters. The Morgan fingerprint density at radius 1 is 0.968 bits per heavy atom. The van der Waals surface area contributed by atoms with Gasteiger partial charge in [-0.05, 0) is 43.3 Å². The van der Waals surface area contributed by atoms with Crippen LogP contribution in [0.15, 0.2) is 36.4 Å². The van der Waals surface area contributed by atoms with Gasteiger partial charge in [-0.1, -0.05) is 23.2 Å². The average molecular weight is 467 g/mol. The summed E-state index contributed by atoms with van der Waals surface area (Å²) < 4.78 is 10.3. The fourth-order valence-electron chi connectivity index (χ4n) is 2.48. The molecule has 0 aliphatic heterocycles. The van der Waals surface area contributed by atoms with Gasteiger partial charge in [-0.3, -0.25) is 19.2 Å². The third-order valence-electron chi connectivity index (χ3n) is 4.09. The van der Waals surface area contributed by atoms with Gasteiger partial charge in [0.15, 0.2) is 5.78 Å². The molecule has 0 saturated carbocycles. The SMILES string of the molecule is COc1ccc(C(C)=O)cc1COC(=O)CNC(=O)CNC(=O)c1ccc(Cl)cc1Cl. The van der Waals surface area contributed by atoms with Gasteiger partial charge in [0.05, 0.1) is 24.2 Å². The van der Waals surface area contributed by atoms with E-state index in [-0.39, 0.29) is 29.5 Å². The second-order valence-electron chi connectivity index (χ2n) is 6.33. The molecule has 10 heteroatoms. The third-order valence-corrected chi connectivity index (χ3v) is 4.64. The van der Waals surface area contributed by atoms with Crippen molar-refractivity contribution in [3.05, 3.63) is 63.1 Å². The largest absolute Gasteiger partial charge is 0.496 e. The Balaban J connectivity index is 1.79. The van der Waals surface area contributed by atoms with Crippen molar-refractivity contribution in [2.45, 2.75) is 13.5 Å². The summed E-state index contributed by atoms with van der Waals surface area (Å²) in [4.78, 5) is 47.4. The van der Waals surface area contributed by atoms with Crippen LogP contribution in [-0.4, -0.2) is 43.8 Å². The molecule has 0 aliphatic rings. The van der Waals surface area contributed by atoms with Gasteiger partial charge in [-0.2, -0.15) is 0 Å². The zero-order valence-electron chi connectivity index (χ0n) is 16.8. The zero-order valence-corrected chi connectivity index (χ0v) is 18.3. The van der Waals surface area contributed by atoms with E-state index in [0.717, 1.165) is 0 Å². The van der Waals surface area contributed by atoms with E-state index < -0.39 is 24.3 Å². The first-order valence-corrected chi connectivity index (χ1v) is 9.80. The monoisotopic (exact) mass is 466 g/mol. The van der Waals surface area contributed by atoms with E-state index >= 15 is 0 Å². The Labute approximate surface area is 188 Å². The van der Waals surface area contributed by atoms with Gasteiger partial charge in [0.1, 0.15) is 18.9 Å². The Hall–Kier alpha value is -3.10. The highest BCUT2D eigenvalue weighted by atomic mass is 35.5. The first-order chi connectivity index (χ1) is 14.7. The number of hydrogen-bond acceptors (Lipinski definition) is 6. The summed E-state index contributed by atoms with van der Waals surface area (Å²) in [5.41, 5.74) is 1.14. The number of Topliss-reactive ketones (excluding diaryl/α,β-unsaturated/α-hetero) is 1. The third kappa shape index (κ3) is 7.27. The van der Waals surface area contributed by atoms with Crippen molar-refractivity contribution < 1.29 is 28.7 Å². The summed E-state index contributed by atoms with van der Waals surface area (Å²) in [6.45, 7) is 0.530. The first-order valence-electron chi connectivity index (χ1n) is 9.04. The van der Waals surface area contributed by atoms with Gasteiger partial charge in [0.25, 0.3) is 5.91 Å². The maximum Gasteiger partial charge on any atom is 0.325 e. The predicted molar refractivity (Wildman–Crippen MR) is 115 cm³/mol. The molecule has 0 radical (unpaired) electrons. The molecular formula is C21H20Cl2N2O6. The lowest BCUT2D eigenvalue weighted by molar-refractivity contribution is -0.145. The molecule has 0 bridgehead atoms. The highest BCUT2D eigenvalue weighted by molar-refractivity contribution is 6.36. The Kier molecular flexibility index (Phi) is 8.84. The van der Waals surface area contributed by atoms with Crippen LogP contribution >= 0.6 is 23.2 Å². The van der Waals surface area contributed by atoms with E-state index in [4.69, 9.17) is 32.7 Å². The highest BCUT2D eigenvalue weighted by Crippen LogP contribution is 2.22. The standard InChI is InChI=1S/C21H20Cl2N2O6/c1-12(26)13-3-6-18(30-2)14(7-13)11-31-20(28)10-24-19(27)9-25-21(29)16-5-4-15(22)8-17(16)23/h3-8H,9-11H2,1-2H3,(H,24,27)(H,25,29). The molecule has 0 spiro atoms. The van der Waals surface area contributed by atoms with E-state index in [1.54, 1.807) is 18.2 Å². The minimum atomic E-state index is -0.698. The van der Waals surface area contributed by atoms with Crippen LogP contribution in [0.25, 0.3) is 0 Å². The second-order valence-corrected chi connectivity index (χ2v) is 7.17. The summed E-state index contributed by atoms with van der Waals surface area (Å²) in [5.74, 6) is -1.52. The van der Waals surface area contributed by atoms with Crippen LogP contribution in [0, 0.1) is 0 Å². The molecule has 8 nitrogen and oxygen atoms in total. The Morgan fingerprint density at radius 2 is 1.71 bits per heavy atom. The van der Waals surface area contributed by atoms with Crippen LogP contribution in [0.5, 0.6) is 5.75 Å². The maximum absolute atomic E-state index is 12.1. The number of carbonyl (C=O) groups excluding carboxylic acids is 4. The second kappa shape index (κ2) is 11.3. The molecule has 164 valence electrons. The molecule has 2 aromatic rings. The van der Waals surface area contributed by atoms with Crippen molar-refractivity contribution in [3.8, 4) is 5.75 Å². The number of halogens is 2. The average Bonchev–Trinajstić information content (AvgIpc) is 2.74. The molecule has 2 aromatic carbocycles. The summed E-state index contributed by atoms with van der Waals surface area (Å²) in [6, 6.07) is 9.14. The predicted octanol–water partition coefficient (Wildman–Crippen LogP) is 2.79. The van der Waals surface area contributed by atoms with E-state index in [9.17, 15) is 19.2 Å². The number of ether oxygens (including phenoxy) is 2. The maximum atomic E-state index is 12.1. The summed E-state index contributed by atoms with van der Waals surface area (Å²) in [6.07, 6.45) is 0. The number of benzene rings is 2. The minimum absolute atomic E-state index is 0.134. The lowest BCUT2D eigenvalue weighted by atomic mass is 10.1. The van der Waals surface area contributed by atoms with Crippen LogP contribution in [0.4, 0.5) is 0 Å². The number of nitrogens with one attached hydrogen (secondary N) is 2. The normalized spacial score (nSPS) is 10.2. The topological polar surface area (TPSA) is 111 Å². The summed E-state index contributed by atoms with van der Waals surface area (Å²) in [5, 5.41) is 5.26. The molecule has 31 heavy (non-hydrogen) atoms. The van der Waals surface area contributed by atoms with Crippen LogP contribution < -0.4 is 15.4 Å². The fourth-order valence-corrected chi connectivity index (χ4v) is 2.98. The molecule has 0 aromatic heterocycles. The number of amides is 2. The van der Waals surface area contributed by atoms with Crippen molar-refractivity contribution in [1.29, 1.82) is 0 Å². The number of hydrogen-bond donors (Lipinski definition) is 2. The van der Waals surface area contributed by atoms with E-state index in [0.29, 0.717) is 21.9 Å². The fraction of sp³-hybridized carbons (Fsp3) is 0.238. The molecule has 2 amide bonds. The quantitative estimate of drug-likeness (QED) is 0.434. The number of carbonyl (C=O) groups is 4. The number of esters is 1. The molecule has 0 saturated heterocycles. The molecule has 0 unspecified atom stereocenters. The van der Waals surface area contributed by atoms with Crippen molar-refractivity contribution in [2.75, 3.05) is 20.2 Å². The van der Waals surface area contributed by atoms with Crippen LogP contribution in [0.2, 0.25) is 10.0 Å². The zero-order chi connectivity index (χ0) is 23.0. The van der Waals surface area contributed by atoms with Gasteiger partial charge >= 0.3 is 5.97 Å². The molecule has 2 rings (SSSR count). The molecule has 0 heterocycles. The van der Waals surface area contributed by atoms with Gasteiger partial charge in [0.2, 0.25) is 5.91 Å². The molecular weight excluding hydrogens is 447 g/mol. The van der Waals surface area contributed by atoms with Crippen molar-refractivity contribution in [1.82, 2.24) is 10.6 Å². The summed E-state index contributed by atoms with van der Waals surface area (Å²) in [7, 11) is 1.46. The molecule has 2 N–H and O–H groups in total.